The summed E-state index contributed by atoms with van der Waals surface area (Å²) >= 11 is 0. The molecule has 140 valence electrons. The van der Waals surface area contributed by atoms with Gasteiger partial charge in [0.25, 0.3) is 0 Å². The minimum absolute atomic E-state index is 0.0494. The van der Waals surface area contributed by atoms with E-state index in [1.165, 1.54) is 0 Å². The molecule has 1 N–H and O–H groups in total. The molecule has 2 aromatic carbocycles. The number of nitrogens with zero attached hydrogens (tertiary/aromatic N) is 2. The van der Waals surface area contributed by atoms with Crippen LogP contribution in [0.4, 0.5) is 5.69 Å². The van der Waals surface area contributed by atoms with Gasteiger partial charge in [0.05, 0.1) is 11.6 Å². The van der Waals surface area contributed by atoms with E-state index < -0.39 is 11.3 Å². The normalized spacial score (nSPS) is 11.0. The summed E-state index contributed by atoms with van der Waals surface area (Å²) in [4.78, 5) is 27.7. The highest BCUT2D eigenvalue weighted by atomic mass is 16.2. The largest absolute Gasteiger partial charge is 0.335 e. The van der Waals surface area contributed by atoms with E-state index in [-0.39, 0.29) is 11.9 Å². The lowest BCUT2D eigenvalue weighted by molar-refractivity contribution is -0.148. The van der Waals surface area contributed by atoms with E-state index >= 15 is 0 Å². The molecule has 0 aliphatic carbocycles. The van der Waals surface area contributed by atoms with Gasteiger partial charge in [0, 0.05) is 18.3 Å². The molecule has 0 bridgehead atoms. The molecular weight excluding hydrogens is 338 g/mol. The number of nitrogens with one attached hydrogen (secondary N) is 1. The van der Waals surface area contributed by atoms with E-state index in [0.29, 0.717) is 17.8 Å². The Morgan fingerprint density at radius 3 is 2.37 bits per heavy atom. The van der Waals surface area contributed by atoms with Crippen LogP contribution in [-0.2, 0) is 16.1 Å². The van der Waals surface area contributed by atoms with E-state index in [9.17, 15) is 9.59 Å². The van der Waals surface area contributed by atoms with Crippen LogP contribution in [0.3, 0.4) is 0 Å². The zero-order chi connectivity index (χ0) is 20.0. The van der Waals surface area contributed by atoms with Crippen molar-refractivity contribution in [2.24, 2.45) is 5.41 Å². The fraction of sp³-hybridized carbons (Fsp3) is 0.318. The first kappa shape index (κ1) is 20.2. The van der Waals surface area contributed by atoms with Crippen LogP contribution in [0.2, 0.25) is 0 Å². The van der Waals surface area contributed by atoms with Gasteiger partial charge >= 0.3 is 0 Å². The van der Waals surface area contributed by atoms with E-state index in [4.69, 9.17) is 5.26 Å². The van der Waals surface area contributed by atoms with Crippen molar-refractivity contribution < 1.29 is 9.59 Å². The number of rotatable bonds is 6. The summed E-state index contributed by atoms with van der Waals surface area (Å²) in [5.74, 6) is -0.642. The maximum atomic E-state index is 13.2. The van der Waals surface area contributed by atoms with Crippen LogP contribution in [0, 0.1) is 16.7 Å². The van der Waals surface area contributed by atoms with Gasteiger partial charge in [-0.05, 0) is 51.5 Å². The molecule has 2 aromatic rings. The highest BCUT2D eigenvalue weighted by molar-refractivity contribution is 6.09. The van der Waals surface area contributed by atoms with Gasteiger partial charge in [0.1, 0.15) is 5.41 Å². The third kappa shape index (κ3) is 4.95. The lowest BCUT2D eigenvalue weighted by atomic mass is 9.89. The molecule has 0 fully saturated rings. The molecule has 2 amide bonds. The Morgan fingerprint density at radius 1 is 1.11 bits per heavy atom. The van der Waals surface area contributed by atoms with Crippen LogP contribution < -0.4 is 5.32 Å². The predicted molar refractivity (Wildman–Crippen MR) is 106 cm³/mol. The summed E-state index contributed by atoms with van der Waals surface area (Å²) in [6, 6.07) is 18.3. The first-order valence-electron chi connectivity index (χ1n) is 8.92. The third-order valence-electron chi connectivity index (χ3n) is 4.43. The summed E-state index contributed by atoms with van der Waals surface area (Å²) in [5, 5.41) is 11.8. The van der Waals surface area contributed by atoms with Crippen LogP contribution in [0.15, 0.2) is 54.6 Å². The highest BCUT2D eigenvalue weighted by Gasteiger charge is 2.40. The Balaban J connectivity index is 2.19. The smallest absolute Gasteiger partial charge is 0.239 e. The Hall–Kier alpha value is -3.13. The van der Waals surface area contributed by atoms with Crippen LogP contribution in [0.1, 0.15) is 38.8 Å². The number of nitriles is 1. The number of anilines is 1. The summed E-state index contributed by atoms with van der Waals surface area (Å²) in [7, 11) is 0. The van der Waals surface area contributed by atoms with Crippen molar-refractivity contribution in [2.75, 3.05) is 5.32 Å². The minimum atomic E-state index is -1.25. The molecule has 0 aliphatic heterocycles. The summed E-state index contributed by atoms with van der Waals surface area (Å²) in [5.41, 5.74) is 0.711. The highest BCUT2D eigenvalue weighted by Crippen LogP contribution is 2.25. The van der Waals surface area contributed by atoms with Crippen molar-refractivity contribution in [1.29, 1.82) is 5.26 Å². The Morgan fingerprint density at radius 2 is 1.78 bits per heavy atom. The maximum Gasteiger partial charge on any atom is 0.239 e. The van der Waals surface area contributed by atoms with Crippen molar-refractivity contribution in [3.63, 3.8) is 0 Å². The van der Waals surface area contributed by atoms with Gasteiger partial charge in [0.2, 0.25) is 11.8 Å². The third-order valence-corrected chi connectivity index (χ3v) is 4.43. The molecule has 0 saturated heterocycles. The molecular formula is C22H25N3O2. The predicted octanol–water partition coefficient (Wildman–Crippen LogP) is 3.96. The molecule has 0 heterocycles. The van der Waals surface area contributed by atoms with E-state index in [1.54, 1.807) is 43.0 Å². The molecule has 5 heteroatoms. The topological polar surface area (TPSA) is 73.2 Å². The van der Waals surface area contributed by atoms with Crippen molar-refractivity contribution in [1.82, 2.24) is 4.90 Å². The van der Waals surface area contributed by atoms with Gasteiger partial charge in [-0.2, -0.15) is 5.26 Å². The molecule has 0 saturated carbocycles. The lowest BCUT2D eigenvalue weighted by Gasteiger charge is -2.34. The van der Waals surface area contributed by atoms with Crippen LogP contribution in [0.25, 0.3) is 0 Å². The molecule has 0 atom stereocenters. The van der Waals surface area contributed by atoms with Gasteiger partial charge in [-0.3, -0.25) is 9.59 Å². The molecule has 0 aromatic heterocycles. The monoisotopic (exact) mass is 363 g/mol. The SMILES string of the molecule is CC(C)N(Cc1ccccc1)C(=O)C(C)(C)C(=O)Nc1cccc(C#N)c1. The van der Waals surface area contributed by atoms with Gasteiger partial charge in [-0.25, -0.2) is 0 Å². The summed E-state index contributed by atoms with van der Waals surface area (Å²) in [6.45, 7) is 7.56. The van der Waals surface area contributed by atoms with Crippen molar-refractivity contribution in [2.45, 2.75) is 40.3 Å². The van der Waals surface area contributed by atoms with Crippen LogP contribution in [0.5, 0.6) is 0 Å². The Labute approximate surface area is 160 Å². The van der Waals surface area contributed by atoms with Gasteiger partial charge in [-0.15, -0.1) is 0 Å². The number of hydrogen-bond donors (Lipinski definition) is 1. The number of carbonyl (C=O) groups excluding carboxylic acids is 2. The first-order chi connectivity index (χ1) is 12.8. The summed E-state index contributed by atoms with van der Waals surface area (Å²) in [6.07, 6.45) is 0. The second kappa shape index (κ2) is 8.50. The minimum Gasteiger partial charge on any atom is -0.335 e. The Kier molecular flexibility index (Phi) is 6.36. The molecule has 5 nitrogen and oxygen atoms in total. The fourth-order valence-corrected chi connectivity index (χ4v) is 2.68. The average molecular weight is 363 g/mol. The van der Waals surface area contributed by atoms with Gasteiger partial charge < -0.3 is 10.2 Å². The molecule has 0 unspecified atom stereocenters. The Bertz CT molecular complexity index is 851. The van der Waals surface area contributed by atoms with Crippen LogP contribution in [-0.4, -0.2) is 22.8 Å². The molecule has 0 spiro atoms. The van der Waals surface area contributed by atoms with Crippen molar-refractivity contribution in [3.05, 3.63) is 65.7 Å². The maximum absolute atomic E-state index is 13.2. The molecule has 27 heavy (non-hydrogen) atoms. The second-order valence-electron chi connectivity index (χ2n) is 7.28. The molecule has 2 rings (SSSR count). The van der Waals surface area contributed by atoms with Gasteiger partial charge in [0.15, 0.2) is 0 Å². The number of hydrogen-bond acceptors (Lipinski definition) is 3. The number of benzene rings is 2. The fourth-order valence-electron chi connectivity index (χ4n) is 2.68. The molecule has 0 aliphatic rings. The second-order valence-corrected chi connectivity index (χ2v) is 7.28. The van der Waals surface area contributed by atoms with Crippen molar-refractivity contribution in [3.8, 4) is 6.07 Å². The molecule has 0 radical (unpaired) electrons. The van der Waals surface area contributed by atoms with Gasteiger partial charge in [-0.1, -0.05) is 36.4 Å². The zero-order valence-corrected chi connectivity index (χ0v) is 16.2. The summed E-state index contributed by atoms with van der Waals surface area (Å²) < 4.78 is 0. The number of carbonyl (C=O) groups is 2. The quantitative estimate of drug-likeness (QED) is 0.790. The zero-order valence-electron chi connectivity index (χ0n) is 16.2. The van der Waals surface area contributed by atoms with Crippen molar-refractivity contribution >= 4 is 17.5 Å². The van der Waals surface area contributed by atoms with Crippen LogP contribution >= 0.6 is 0 Å². The first-order valence-corrected chi connectivity index (χ1v) is 8.92. The number of amides is 2. The lowest BCUT2D eigenvalue weighted by Crippen LogP contribution is -2.49. The van der Waals surface area contributed by atoms with E-state index in [0.717, 1.165) is 5.56 Å². The van der Waals surface area contributed by atoms with E-state index in [1.807, 2.05) is 50.2 Å². The average Bonchev–Trinajstić information content (AvgIpc) is 2.66. The standard InChI is InChI=1S/C22H25N3O2/c1-16(2)25(15-17-9-6-5-7-10-17)21(27)22(3,4)20(26)24-19-12-8-11-18(13-19)14-23/h5-13,16H,15H2,1-4H3,(H,24,26). The van der Waals surface area contributed by atoms with E-state index in [2.05, 4.69) is 5.32 Å².